The van der Waals surface area contributed by atoms with Gasteiger partial charge in [0.05, 0.1) is 0 Å². The molecule has 8 nitrogen and oxygen atoms in total. The number of carbonyl (C=O) groups excluding carboxylic acids is 2. The predicted octanol–water partition coefficient (Wildman–Crippen LogP) is 5.27. The fourth-order valence-electron chi connectivity index (χ4n) is 4.76. The van der Waals surface area contributed by atoms with Crippen LogP contribution in [0.4, 0.5) is 5.82 Å². The molecule has 1 saturated carbocycles. The van der Waals surface area contributed by atoms with Crippen LogP contribution in [0.25, 0.3) is 22.6 Å². The van der Waals surface area contributed by atoms with Gasteiger partial charge in [-0.1, -0.05) is 53.9 Å². The predicted molar refractivity (Wildman–Crippen MR) is 142 cm³/mol. The number of rotatable bonds is 9. The third-order valence-electron chi connectivity index (χ3n) is 6.78. The van der Waals surface area contributed by atoms with Crippen LogP contribution in [-0.4, -0.2) is 43.4 Å². The minimum atomic E-state index is 0.204. The van der Waals surface area contributed by atoms with Gasteiger partial charge in [0.2, 0.25) is 0 Å². The summed E-state index contributed by atoms with van der Waals surface area (Å²) in [6.07, 6.45) is 7.25. The molecule has 37 heavy (non-hydrogen) atoms. The Morgan fingerprint density at radius 3 is 2.57 bits per heavy atom. The Labute approximate surface area is 220 Å². The van der Waals surface area contributed by atoms with E-state index < -0.39 is 0 Å². The van der Waals surface area contributed by atoms with Gasteiger partial charge in [-0.2, -0.15) is 9.59 Å². The average molecular weight is 520 g/mol. The van der Waals surface area contributed by atoms with E-state index in [9.17, 15) is 5.11 Å². The van der Waals surface area contributed by atoms with E-state index in [1.165, 1.54) is 24.8 Å². The highest BCUT2D eigenvalue weighted by molar-refractivity contribution is 6.30. The Morgan fingerprint density at radius 2 is 1.92 bits per heavy atom. The summed E-state index contributed by atoms with van der Waals surface area (Å²) in [7, 11) is 0. The number of aryl methyl sites for hydroxylation is 1. The van der Waals surface area contributed by atoms with E-state index in [2.05, 4.69) is 51.0 Å². The second kappa shape index (κ2) is 12.6. The zero-order chi connectivity index (χ0) is 26.2. The van der Waals surface area contributed by atoms with Gasteiger partial charge in [-0.3, -0.25) is 0 Å². The lowest BCUT2D eigenvalue weighted by molar-refractivity contribution is -0.191. The van der Waals surface area contributed by atoms with Crippen molar-refractivity contribution in [2.24, 2.45) is 5.92 Å². The molecule has 0 saturated heterocycles. The zero-order valence-corrected chi connectivity index (χ0v) is 21.5. The maximum absolute atomic E-state index is 9.43. The van der Waals surface area contributed by atoms with E-state index in [0.717, 1.165) is 46.2 Å². The van der Waals surface area contributed by atoms with E-state index in [4.69, 9.17) is 26.2 Å². The molecule has 0 spiro atoms. The van der Waals surface area contributed by atoms with Crippen LogP contribution in [0, 0.1) is 12.8 Å². The molecule has 0 radical (unpaired) electrons. The number of halogens is 1. The number of nitrogens with one attached hydrogen (secondary N) is 1. The molecule has 1 fully saturated rings. The highest BCUT2D eigenvalue weighted by Crippen LogP contribution is 2.35. The van der Waals surface area contributed by atoms with E-state index in [0.29, 0.717) is 18.1 Å². The fraction of sp³-hybridized carbons (Fsp3) is 0.357. The normalized spacial score (nSPS) is 13.8. The molecule has 0 aliphatic heterocycles. The van der Waals surface area contributed by atoms with E-state index in [1.807, 2.05) is 24.3 Å². The van der Waals surface area contributed by atoms with Crippen molar-refractivity contribution in [2.45, 2.75) is 51.6 Å². The first kappa shape index (κ1) is 26.5. The quantitative estimate of drug-likeness (QED) is 0.310. The molecular weight excluding hydrogens is 490 g/mol. The topological polar surface area (TPSA) is 110 Å². The number of anilines is 1. The number of imidazole rings is 1. The highest BCUT2D eigenvalue weighted by Gasteiger charge is 2.28. The van der Waals surface area contributed by atoms with Crippen LogP contribution in [-0.2, 0) is 16.1 Å². The lowest BCUT2D eigenvalue weighted by Gasteiger charge is -2.34. The number of aliphatic hydroxyl groups excluding tert-OH is 1. The Hall–Kier alpha value is -3.58. The van der Waals surface area contributed by atoms with Gasteiger partial charge in [0.25, 0.3) is 0 Å². The summed E-state index contributed by atoms with van der Waals surface area (Å²) in [4.78, 5) is 30.4. The number of hydrogen-bond acceptors (Lipinski definition) is 7. The van der Waals surface area contributed by atoms with Crippen LogP contribution in [0.1, 0.15) is 43.2 Å². The van der Waals surface area contributed by atoms with Crippen molar-refractivity contribution in [2.75, 3.05) is 11.9 Å². The molecule has 2 aromatic heterocycles. The summed E-state index contributed by atoms with van der Waals surface area (Å²) >= 11 is 6.14. The standard InChI is InChI=1S/C27H30ClN5O.CO2/c1-18-5-2-8-21(15-18)27-32-26-24(33(27)16-19-10-12-22(28)13-11-19)25(29-17-30-26)31-23(9-4-14-34)20-6-3-7-20;2-1-3/h2,5,8,10-13,15,17,20,23,34H,3-4,6-7,9,14,16H2,1H3,(H,29,30,31);/t23-;/m1./s1. The van der Waals surface area contributed by atoms with Gasteiger partial charge in [0, 0.05) is 29.8 Å². The number of aromatic nitrogens is 4. The number of benzene rings is 2. The molecule has 4 aromatic rings. The molecule has 1 aliphatic carbocycles. The van der Waals surface area contributed by atoms with Gasteiger partial charge < -0.3 is 15.0 Å². The first-order chi connectivity index (χ1) is 18.0. The maximum Gasteiger partial charge on any atom is 0.373 e. The van der Waals surface area contributed by atoms with Gasteiger partial charge in [0.15, 0.2) is 11.5 Å². The van der Waals surface area contributed by atoms with Gasteiger partial charge >= 0.3 is 6.15 Å². The van der Waals surface area contributed by atoms with Crippen molar-refractivity contribution in [1.29, 1.82) is 0 Å². The van der Waals surface area contributed by atoms with Crippen molar-refractivity contribution < 1.29 is 14.7 Å². The molecule has 0 amide bonds. The van der Waals surface area contributed by atoms with Crippen LogP contribution in [0.3, 0.4) is 0 Å². The molecule has 0 bridgehead atoms. The highest BCUT2D eigenvalue weighted by atomic mass is 35.5. The van der Waals surface area contributed by atoms with E-state index in [1.54, 1.807) is 6.33 Å². The SMILES string of the molecule is Cc1cccc(-c2nc3ncnc(N[C@H](CCCO)C4CCC4)c3n2Cc2ccc(Cl)cc2)c1.O=C=O. The number of hydrogen-bond donors (Lipinski definition) is 2. The van der Waals surface area contributed by atoms with Gasteiger partial charge in [-0.25, -0.2) is 15.0 Å². The van der Waals surface area contributed by atoms with Crippen LogP contribution in [0.5, 0.6) is 0 Å². The number of fused-ring (bicyclic) bond motifs is 1. The molecule has 2 aromatic carbocycles. The zero-order valence-electron chi connectivity index (χ0n) is 20.7. The molecule has 192 valence electrons. The molecule has 1 atom stereocenters. The number of nitrogens with zero attached hydrogens (tertiary/aromatic N) is 4. The van der Waals surface area contributed by atoms with Crippen LogP contribution in [0.2, 0.25) is 5.02 Å². The smallest absolute Gasteiger partial charge is 0.373 e. The monoisotopic (exact) mass is 519 g/mol. The second-order valence-corrected chi connectivity index (χ2v) is 9.74. The second-order valence-electron chi connectivity index (χ2n) is 9.30. The molecule has 5 rings (SSSR count). The Balaban J connectivity index is 0.00000102. The lowest BCUT2D eigenvalue weighted by atomic mass is 9.78. The molecule has 2 heterocycles. The van der Waals surface area contributed by atoms with Crippen molar-refractivity contribution in [3.63, 3.8) is 0 Å². The summed E-state index contributed by atoms with van der Waals surface area (Å²) < 4.78 is 2.21. The first-order valence-corrected chi connectivity index (χ1v) is 12.8. The summed E-state index contributed by atoms with van der Waals surface area (Å²) in [6.45, 7) is 2.92. The molecule has 9 heteroatoms. The summed E-state index contributed by atoms with van der Waals surface area (Å²) in [5.41, 5.74) is 4.94. The van der Waals surface area contributed by atoms with Gasteiger partial charge in [-0.15, -0.1) is 0 Å². The van der Waals surface area contributed by atoms with Gasteiger partial charge in [-0.05, 0) is 62.3 Å². The van der Waals surface area contributed by atoms with E-state index >= 15 is 0 Å². The van der Waals surface area contributed by atoms with Crippen molar-refractivity contribution in [3.8, 4) is 11.4 Å². The summed E-state index contributed by atoms with van der Waals surface area (Å²) in [5.74, 6) is 2.29. The minimum absolute atomic E-state index is 0.204. The lowest BCUT2D eigenvalue weighted by Crippen LogP contribution is -2.34. The molecule has 1 aliphatic rings. The third-order valence-corrected chi connectivity index (χ3v) is 7.04. The molecular formula is C28H30ClN5O3. The third kappa shape index (κ3) is 6.41. The van der Waals surface area contributed by atoms with Crippen molar-refractivity contribution >= 4 is 34.7 Å². The van der Waals surface area contributed by atoms with E-state index in [-0.39, 0.29) is 18.8 Å². The fourth-order valence-corrected chi connectivity index (χ4v) is 4.88. The molecule has 0 unspecified atom stereocenters. The van der Waals surface area contributed by atoms with Crippen LogP contribution < -0.4 is 5.32 Å². The Kier molecular flexibility index (Phi) is 9.01. The Bertz CT molecular complexity index is 1360. The number of aliphatic hydroxyl groups is 1. The average Bonchev–Trinajstić information content (AvgIpc) is 3.22. The summed E-state index contributed by atoms with van der Waals surface area (Å²) in [6, 6.07) is 16.6. The van der Waals surface area contributed by atoms with Crippen LogP contribution in [0.15, 0.2) is 54.9 Å². The maximum atomic E-state index is 9.43. The minimum Gasteiger partial charge on any atom is -0.396 e. The Morgan fingerprint density at radius 1 is 1.16 bits per heavy atom. The molecule has 2 N–H and O–H groups in total. The summed E-state index contributed by atoms with van der Waals surface area (Å²) in [5, 5.41) is 13.9. The van der Waals surface area contributed by atoms with Crippen LogP contribution >= 0.6 is 11.6 Å². The first-order valence-electron chi connectivity index (χ1n) is 12.4. The van der Waals surface area contributed by atoms with Crippen molar-refractivity contribution in [3.05, 3.63) is 71.0 Å². The van der Waals surface area contributed by atoms with Crippen molar-refractivity contribution in [1.82, 2.24) is 19.5 Å². The largest absolute Gasteiger partial charge is 0.396 e. The van der Waals surface area contributed by atoms with Gasteiger partial charge in [0.1, 0.15) is 17.7 Å².